The molecule has 0 amide bonds. The summed E-state index contributed by atoms with van der Waals surface area (Å²) in [4.78, 5) is 0. The first-order valence-electron chi connectivity index (χ1n) is 5.98. The Balaban J connectivity index is 2.26. The number of rotatable bonds is 4. The zero-order valence-corrected chi connectivity index (χ0v) is 10.5. The van der Waals surface area contributed by atoms with Crippen LogP contribution in [0.25, 0.3) is 0 Å². The van der Waals surface area contributed by atoms with Crippen LogP contribution in [0.15, 0.2) is 18.2 Å². The molecule has 1 aliphatic heterocycles. The van der Waals surface area contributed by atoms with Crippen LogP contribution in [0.4, 0.5) is 0 Å². The van der Waals surface area contributed by atoms with E-state index in [1.54, 1.807) is 0 Å². The van der Waals surface area contributed by atoms with Crippen molar-refractivity contribution in [3.05, 3.63) is 34.9 Å². The average Bonchev–Trinajstić information content (AvgIpc) is 2.19. The lowest BCUT2D eigenvalue weighted by Gasteiger charge is -2.43. The highest BCUT2D eigenvalue weighted by Crippen LogP contribution is 2.37. The number of hydrogen-bond donors (Lipinski definition) is 1. The van der Waals surface area contributed by atoms with Gasteiger partial charge >= 0.3 is 0 Å². The summed E-state index contributed by atoms with van der Waals surface area (Å²) in [6.07, 6.45) is 1.16. The quantitative estimate of drug-likeness (QED) is 0.838. The summed E-state index contributed by atoms with van der Waals surface area (Å²) in [5.41, 5.74) is 4.48. The molecule has 1 aliphatic rings. The van der Waals surface area contributed by atoms with E-state index in [0.717, 1.165) is 26.2 Å². The zero-order chi connectivity index (χ0) is 11.6. The third-order valence-corrected chi connectivity index (χ3v) is 3.56. The molecule has 0 aromatic heterocycles. The topological polar surface area (TPSA) is 21.3 Å². The molecule has 1 saturated heterocycles. The third-order valence-electron chi connectivity index (χ3n) is 3.56. The van der Waals surface area contributed by atoms with Gasteiger partial charge in [-0.15, -0.1) is 0 Å². The highest BCUT2D eigenvalue weighted by molar-refractivity contribution is 5.38. The van der Waals surface area contributed by atoms with Crippen molar-refractivity contribution in [2.75, 3.05) is 26.8 Å². The Morgan fingerprint density at radius 1 is 1.31 bits per heavy atom. The van der Waals surface area contributed by atoms with Gasteiger partial charge < -0.3 is 10.1 Å². The summed E-state index contributed by atoms with van der Waals surface area (Å²) in [6.45, 7) is 7.16. The van der Waals surface area contributed by atoms with Crippen LogP contribution in [-0.2, 0) is 10.2 Å². The minimum atomic E-state index is 0.265. The SMILES string of the molecule is CNCCC1(c2ccc(C)cc2C)COC1. The summed E-state index contributed by atoms with van der Waals surface area (Å²) in [5.74, 6) is 0. The molecule has 2 nitrogen and oxygen atoms in total. The van der Waals surface area contributed by atoms with Gasteiger partial charge in [-0.25, -0.2) is 0 Å². The van der Waals surface area contributed by atoms with Crippen LogP contribution in [0.5, 0.6) is 0 Å². The van der Waals surface area contributed by atoms with Crippen LogP contribution in [-0.4, -0.2) is 26.8 Å². The van der Waals surface area contributed by atoms with Crippen LogP contribution in [0, 0.1) is 13.8 Å². The van der Waals surface area contributed by atoms with Crippen molar-refractivity contribution in [3.8, 4) is 0 Å². The number of ether oxygens (including phenoxy) is 1. The minimum absolute atomic E-state index is 0.265. The molecule has 1 heterocycles. The Labute approximate surface area is 98.0 Å². The fourth-order valence-corrected chi connectivity index (χ4v) is 2.56. The fraction of sp³-hybridized carbons (Fsp3) is 0.571. The van der Waals surface area contributed by atoms with Crippen molar-refractivity contribution in [2.45, 2.75) is 25.7 Å². The van der Waals surface area contributed by atoms with Gasteiger partial charge in [0.05, 0.1) is 13.2 Å². The van der Waals surface area contributed by atoms with E-state index in [4.69, 9.17) is 4.74 Å². The van der Waals surface area contributed by atoms with Gasteiger partial charge in [0.2, 0.25) is 0 Å². The van der Waals surface area contributed by atoms with Crippen molar-refractivity contribution < 1.29 is 4.74 Å². The standard InChI is InChI=1S/C14H21NO/c1-11-4-5-13(12(2)8-11)14(6-7-15-3)9-16-10-14/h4-5,8,15H,6-7,9-10H2,1-3H3. The molecule has 0 unspecified atom stereocenters. The molecule has 0 spiro atoms. The van der Waals surface area contributed by atoms with Crippen LogP contribution in [0.2, 0.25) is 0 Å². The van der Waals surface area contributed by atoms with E-state index in [9.17, 15) is 0 Å². The highest BCUT2D eigenvalue weighted by Gasteiger charge is 2.40. The molecule has 1 fully saturated rings. The van der Waals surface area contributed by atoms with E-state index >= 15 is 0 Å². The highest BCUT2D eigenvalue weighted by atomic mass is 16.5. The van der Waals surface area contributed by atoms with Gasteiger partial charge in [-0.3, -0.25) is 0 Å². The Morgan fingerprint density at radius 3 is 2.56 bits per heavy atom. The number of hydrogen-bond acceptors (Lipinski definition) is 2. The van der Waals surface area contributed by atoms with E-state index in [2.05, 4.69) is 37.4 Å². The summed E-state index contributed by atoms with van der Waals surface area (Å²) in [5, 5.41) is 3.24. The smallest absolute Gasteiger partial charge is 0.0586 e. The normalized spacial score (nSPS) is 18.2. The summed E-state index contributed by atoms with van der Waals surface area (Å²) in [7, 11) is 2.01. The molecule has 1 aromatic carbocycles. The van der Waals surface area contributed by atoms with Crippen LogP contribution in [0.1, 0.15) is 23.1 Å². The van der Waals surface area contributed by atoms with Gasteiger partial charge in [0.25, 0.3) is 0 Å². The van der Waals surface area contributed by atoms with E-state index in [1.165, 1.54) is 16.7 Å². The Kier molecular flexibility index (Phi) is 3.31. The van der Waals surface area contributed by atoms with E-state index < -0.39 is 0 Å². The van der Waals surface area contributed by atoms with E-state index in [1.807, 2.05) is 7.05 Å². The van der Waals surface area contributed by atoms with Crippen LogP contribution < -0.4 is 5.32 Å². The maximum absolute atomic E-state index is 5.45. The molecular formula is C14H21NO. The number of aryl methyl sites for hydroxylation is 2. The Hall–Kier alpha value is -0.860. The lowest BCUT2D eigenvalue weighted by molar-refractivity contribution is -0.0641. The fourth-order valence-electron chi connectivity index (χ4n) is 2.56. The largest absolute Gasteiger partial charge is 0.379 e. The molecule has 0 saturated carbocycles. The molecule has 0 aliphatic carbocycles. The maximum Gasteiger partial charge on any atom is 0.0586 e. The average molecular weight is 219 g/mol. The summed E-state index contributed by atoms with van der Waals surface area (Å²) in [6, 6.07) is 6.76. The lowest BCUT2D eigenvalue weighted by atomic mass is 9.74. The second-order valence-corrected chi connectivity index (χ2v) is 4.95. The van der Waals surface area contributed by atoms with Gasteiger partial charge in [-0.05, 0) is 45.0 Å². The van der Waals surface area contributed by atoms with Crippen molar-refractivity contribution in [1.29, 1.82) is 0 Å². The molecule has 0 bridgehead atoms. The predicted molar refractivity (Wildman–Crippen MR) is 67.0 cm³/mol. The maximum atomic E-state index is 5.45. The Bertz CT molecular complexity index is 369. The molecular weight excluding hydrogens is 198 g/mol. The summed E-state index contributed by atoms with van der Waals surface area (Å²) >= 11 is 0. The minimum Gasteiger partial charge on any atom is -0.379 e. The first-order chi connectivity index (χ1) is 7.68. The first-order valence-corrected chi connectivity index (χ1v) is 5.98. The monoisotopic (exact) mass is 219 g/mol. The molecule has 88 valence electrons. The second-order valence-electron chi connectivity index (χ2n) is 4.95. The van der Waals surface area contributed by atoms with Crippen molar-refractivity contribution in [1.82, 2.24) is 5.32 Å². The predicted octanol–water partition coefficient (Wildman–Crippen LogP) is 2.18. The van der Waals surface area contributed by atoms with Crippen LogP contribution >= 0.6 is 0 Å². The second kappa shape index (κ2) is 4.56. The molecule has 0 radical (unpaired) electrons. The van der Waals surface area contributed by atoms with Crippen molar-refractivity contribution >= 4 is 0 Å². The van der Waals surface area contributed by atoms with E-state index in [0.29, 0.717) is 0 Å². The van der Waals surface area contributed by atoms with Gasteiger partial charge in [-0.1, -0.05) is 23.8 Å². The third kappa shape index (κ3) is 2.00. The summed E-state index contributed by atoms with van der Waals surface area (Å²) < 4.78 is 5.45. The Morgan fingerprint density at radius 2 is 2.06 bits per heavy atom. The zero-order valence-electron chi connectivity index (χ0n) is 10.5. The molecule has 1 aromatic rings. The van der Waals surface area contributed by atoms with Gasteiger partial charge in [0, 0.05) is 5.41 Å². The molecule has 16 heavy (non-hydrogen) atoms. The molecule has 1 N–H and O–H groups in total. The van der Waals surface area contributed by atoms with Gasteiger partial charge in [0.1, 0.15) is 0 Å². The van der Waals surface area contributed by atoms with Gasteiger partial charge in [0.15, 0.2) is 0 Å². The van der Waals surface area contributed by atoms with E-state index in [-0.39, 0.29) is 5.41 Å². The molecule has 0 atom stereocenters. The molecule has 2 heteroatoms. The molecule has 2 rings (SSSR count). The number of nitrogens with one attached hydrogen (secondary N) is 1. The van der Waals surface area contributed by atoms with Crippen LogP contribution in [0.3, 0.4) is 0 Å². The van der Waals surface area contributed by atoms with Crippen molar-refractivity contribution in [3.63, 3.8) is 0 Å². The van der Waals surface area contributed by atoms with Gasteiger partial charge in [-0.2, -0.15) is 0 Å². The lowest BCUT2D eigenvalue weighted by Crippen LogP contribution is -2.48. The van der Waals surface area contributed by atoms with Crippen molar-refractivity contribution in [2.24, 2.45) is 0 Å². The number of benzene rings is 1. The first kappa shape index (κ1) is 11.6.